The van der Waals surface area contributed by atoms with Gasteiger partial charge in [-0.15, -0.1) is 11.3 Å². The number of aryl methyl sites for hydroxylation is 1. The number of aromatic nitrogens is 1. The van der Waals surface area contributed by atoms with Crippen molar-refractivity contribution in [2.75, 3.05) is 13.3 Å². The Morgan fingerprint density at radius 3 is 3.00 bits per heavy atom. The normalized spacial score (nSPS) is 14.5. The molecule has 1 atom stereocenters. The molecule has 4 nitrogen and oxygen atoms in total. The lowest BCUT2D eigenvalue weighted by Gasteiger charge is -2.14. The number of ether oxygens (including phenoxy) is 2. The van der Waals surface area contributed by atoms with Gasteiger partial charge in [0.05, 0.1) is 5.01 Å². The quantitative estimate of drug-likeness (QED) is 0.919. The Kier molecular flexibility index (Phi) is 3.89. The lowest BCUT2D eigenvalue weighted by Crippen LogP contribution is -2.21. The van der Waals surface area contributed by atoms with E-state index in [1.54, 1.807) is 11.3 Å². The third-order valence-corrected chi connectivity index (χ3v) is 4.33. The van der Waals surface area contributed by atoms with Crippen molar-refractivity contribution in [3.63, 3.8) is 0 Å². The van der Waals surface area contributed by atoms with Crippen molar-refractivity contribution < 1.29 is 9.47 Å². The maximum atomic E-state index is 5.41. The molecule has 0 aliphatic carbocycles. The predicted octanol–water partition coefficient (Wildman–Crippen LogP) is 3.07. The summed E-state index contributed by atoms with van der Waals surface area (Å²) < 4.78 is 10.7. The Morgan fingerprint density at radius 2 is 2.20 bits per heavy atom. The minimum atomic E-state index is 0.283. The largest absolute Gasteiger partial charge is 0.454 e. The summed E-state index contributed by atoms with van der Waals surface area (Å²) in [5, 5.41) is 4.71. The molecule has 1 aromatic carbocycles. The zero-order valence-corrected chi connectivity index (χ0v) is 12.5. The third kappa shape index (κ3) is 2.94. The number of hydrogen-bond donors (Lipinski definition) is 1. The topological polar surface area (TPSA) is 43.4 Å². The van der Waals surface area contributed by atoms with E-state index < -0.39 is 0 Å². The number of hydrogen-bond acceptors (Lipinski definition) is 5. The fraction of sp³-hybridized carbons (Fsp3) is 0.400. The summed E-state index contributed by atoms with van der Waals surface area (Å²) in [6.45, 7) is 5.49. The van der Waals surface area contributed by atoms with E-state index in [2.05, 4.69) is 30.2 Å². The lowest BCUT2D eigenvalue weighted by atomic mass is 10.1. The van der Waals surface area contributed by atoms with Crippen LogP contribution < -0.4 is 14.8 Å². The maximum absolute atomic E-state index is 5.41. The van der Waals surface area contributed by atoms with Gasteiger partial charge in [-0.1, -0.05) is 6.07 Å². The van der Waals surface area contributed by atoms with Gasteiger partial charge in [-0.25, -0.2) is 4.98 Å². The predicted molar refractivity (Wildman–Crippen MR) is 79.5 cm³/mol. The molecular weight excluding hydrogens is 272 g/mol. The summed E-state index contributed by atoms with van der Waals surface area (Å²) in [6, 6.07) is 6.39. The van der Waals surface area contributed by atoms with Crippen molar-refractivity contribution in [3.8, 4) is 11.5 Å². The van der Waals surface area contributed by atoms with Crippen molar-refractivity contribution in [2.24, 2.45) is 0 Å². The molecular formula is C15H18N2O2S. The summed E-state index contributed by atoms with van der Waals surface area (Å²) >= 11 is 1.76. The van der Waals surface area contributed by atoms with E-state index in [4.69, 9.17) is 9.47 Å². The van der Waals surface area contributed by atoms with Gasteiger partial charge in [0.1, 0.15) is 0 Å². The van der Waals surface area contributed by atoms with Crippen LogP contribution in [0.3, 0.4) is 0 Å². The van der Waals surface area contributed by atoms with Crippen molar-refractivity contribution in [1.29, 1.82) is 0 Å². The molecule has 1 N–H and O–H groups in total. The summed E-state index contributed by atoms with van der Waals surface area (Å²) in [6.07, 6.45) is 2.90. The minimum Gasteiger partial charge on any atom is -0.454 e. The van der Waals surface area contributed by atoms with Gasteiger partial charge < -0.3 is 14.8 Å². The molecule has 20 heavy (non-hydrogen) atoms. The molecule has 0 amide bonds. The molecule has 1 aliphatic heterocycles. The van der Waals surface area contributed by atoms with Crippen molar-refractivity contribution >= 4 is 11.3 Å². The highest BCUT2D eigenvalue weighted by molar-refractivity contribution is 7.11. The summed E-state index contributed by atoms with van der Waals surface area (Å²) in [4.78, 5) is 5.64. The van der Waals surface area contributed by atoms with Crippen LogP contribution in [0.15, 0.2) is 24.4 Å². The van der Waals surface area contributed by atoms with Gasteiger partial charge in [-0.3, -0.25) is 0 Å². The van der Waals surface area contributed by atoms with E-state index in [1.165, 1.54) is 15.4 Å². The molecule has 0 saturated carbocycles. The number of rotatable bonds is 5. The molecule has 0 spiro atoms. The molecule has 0 bridgehead atoms. The molecule has 3 rings (SSSR count). The Bertz CT molecular complexity index is 597. The maximum Gasteiger partial charge on any atom is 0.231 e. The molecule has 2 aromatic rings. The first-order valence-corrected chi connectivity index (χ1v) is 7.58. The first kappa shape index (κ1) is 13.4. The number of nitrogens with one attached hydrogen (secondary N) is 1. The molecule has 0 fully saturated rings. The minimum absolute atomic E-state index is 0.283. The molecule has 0 saturated heterocycles. The average molecular weight is 290 g/mol. The van der Waals surface area contributed by atoms with E-state index in [0.29, 0.717) is 6.79 Å². The van der Waals surface area contributed by atoms with Gasteiger partial charge >= 0.3 is 0 Å². The fourth-order valence-electron chi connectivity index (χ4n) is 2.21. The van der Waals surface area contributed by atoms with E-state index in [9.17, 15) is 0 Å². The van der Waals surface area contributed by atoms with Gasteiger partial charge in [0.15, 0.2) is 11.5 Å². The molecule has 106 valence electrons. The number of fused-ring (bicyclic) bond motifs is 1. The smallest absolute Gasteiger partial charge is 0.231 e. The highest BCUT2D eigenvalue weighted by Gasteiger charge is 2.15. The first-order valence-electron chi connectivity index (χ1n) is 6.76. The van der Waals surface area contributed by atoms with Crippen molar-refractivity contribution in [3.05, 3.63) is 39.8 Å². The highest BCUT2D eigenvalue weighted by Crippen LogP contribution is 2.34. The van der Waals surface area contributed by atoms with Crippen LogP contribution in [-0.2, 0) is 6.42 Å². The number of nitrogens with zero attached hydrogens (tertiary/aromatic N) is 1. The van der Waals surface area contributed by atoms with Crippen LogP contribution in [0.1, 0.15) is 28.4 Å². The van der Waals surface area contributed by atoms with E-state index in [0.717, 1.165) is 24.5 Å². The van der Waals surface area contributed by atoms with Gasteiger partial charge in [-0.2, -0.15) is 0 Å². The molecule has 0 radical (unpaired) electrons. The lowest BCUT2D eigenvalue weighted by molar-refractivity contribution is 0.174. The van der Waals surface area contributed by atoms with Crippen LogP contribution in [0.25, 0.3) is 0 Å². The van der Waals surface area contributed by atoms with Crippen LogP contribution in [0.2, 0.25) is 0 Å². The van der Waals surface area contributed by atoms with Gasteiger partial charge in [-0.05, 0) is 31.5 Å². The SMILES string of the molecule is Cc1cnc(CCNC(C)c2ccc3c(c2)OCO3)s1. The summed E-state index contributed by atoms with van der Waals surface area (Å²) in [5.74, 6) is 1.67. The van der Waals surface area contributed by atoms with Crippen LogP contribution >= 0.6 is 11.3 Å². The molecule has 2 heterocycles. The van der Waals surface area contributed by atoms with E-state index in [1.807, 2.05) is 18.3 Å². The Hall–Kier alpha value is -1.59. The van der Waals surface area contributed by atoms with Crippen molar-refractivity contribution in [2.45, 2.75) is 26.3 Å². The van der Waals surface area contributed by atoms with Crippen LogP contribution in [-0.4, -0.2) is 18.3 Å². The van der Waals surface area contributed by atoms with Crippen LogP contribution in [0.5, 0.6) is 11.5 Å². The number of benzene rings is 1. The summed E-state index contributed by atoms with van der Waals surface area (Å²) in [5.41, 5.74) is 1.21. The Balaban J connectivity index is 1.55. The van der Waals surface area contributed by atoms with Gasteiger partial charge in [0.25, 0.3) is 0 Å². The highest BCUT2D eigenvalue weighted by atomic mass is 32.1. The van der Waals surface area contributed by atoms with E-state index in [-0.39, 0.29) is 6.04 Å². The third-order valence-electron chi connectivity index (χ3n) is 3.36. The molecule has 1 unspecified atom stereocenters. The summed E-state index contributed by atoms with van der Waals surface area (Å²) in [7, 11) is 0. The van der Waals surface area contributed by atoms with Crippen LogP contribution in [0, 0.1) is 6.92 Å². The molecule has 5 heteroatoms. The Morgan fingerprint density at radius 1 is 1.35 bits per heavy atom. The molecule has 1 aliphatic rings. The molecule has 1 aromatic heterocycles. The second-order valence-electron chi connectivity index (χ2n) is 4.90. The zero-order valence-electron chi connectivity index (χ0n) is 11.7. The van der Waals surface area contributed by atoms with Gasteiger partial charge in [0.2, 0.25) is 6.79 Å². The standard InChI is InChI=1S/C15H18N2O2S/c1-10-8-17-15(20-10)5-6-16-11(2)12-3-4-13-14(7-12)19-9-18-13/h3-4,7-8,11,16H,5-6,9H2,1-2H3. The number of thiazole rings is 1. The van der Waals surface area contributed by atoms with Crippen LogP contribution in [0.4, 0.5) is 0 Å². The zero-order chi connectivity index (χ0) is 13.9. The second kappa shape index (κ2) is 5.81. The monoisotopic (exact) mass is 290 g/mol. The second-order valence-corrected chi connectivity index (χ2v) is 6.22. The fourth-order valence-corrected chi connectivity index (χ4v) is 3.00. The van der Waals surface area contributed by atoms with E-state index >= 15 is 0 Å². The van der Waals surface area contributed by atoms with Crippen molar-refractivity contribution in [1.82, 2.24) is 10.3 Å². The average Bonchev–Trinajstić information content (AvgIpc) is 3.06. The Labute approximate surface area is 122 Å². The first-order chi connectivity index (χ1) is 9.72. The van der Waals surface area contributed by atoms with Gasteiger partial charge in [0, 0.05) is 30.1 Å².